The quantitative estimate of drug-likeness (QED) is 0.490. The standard InChI is InChI=1S/C7H13N3O2/c8-9-3-4-10(6(11)12)7(5-9)1-2-7/h1-5,8H2,(H,11,12). The van der Waals surface area contributed by atoms with E-state index in [0.29, 0.717) is 19.6 Å². The first-order chi connectivity index (χ1) is 5.64. The van der Waals surface area contributed by atoms with Crippen LogP contribution in [0.1, 0.15) is 12.8 Å². The highest BCUT2D eigenvalue weighted by Crippen LogP contribution is 2.43. The number of carbonyl (C=O) groups is 1. The number of rotatable bonds is 0. The van der Waals surface area contributed by atoms with E-state index < -0.39 is 6.09 Å². The van der Waals surface area contributed by atoms with E-state index in [4.69, 9.17) is 10.9 Å². The summed E-state index contributed by atoms with van der Waals surface area (Å²) in [4.78, 5) is 12.3. The molecule has 0 aromatic heterocycles. The molecule has 12 heavy (non-hydrogen) atoms. The van der Waals surface area contributed by atoms with Crippen molar-refractivity contribution in [1.82, 2.24) is 9.91 Å². The molecule has 5 heteroatoms. The second kappa shape index (κ2) is 2.34. The van der Waals surface area contributed by atoms with Gasteiger partial charge in [0.25, 0.3) is 0 Å². The Bertz CT molecular complexity index is 215. The van der Waals surface area contributed by atoms with Crippen molar-refractivity contribution >= 4 is 6.09 Å². The SMILES string of the molecule is NN1CCN(C(=O)O)C2(CC2)C1. The monoisotopic (exact) mass is 171 g/mol. The summed E-state index contributed by atoms with van der Waals surface area (Å²) in [5.74, 6) is 5.63. The van der Waals surface area contributed by atoms with Crippen molar-refractivity contribution in [3.05, 3.63) is 0 Å². The summed E-state index contributed by atoms with van der Waals surface area (Å²) in [5.41, 5.74) is -0.126. The Morgan fingerprint density at radius 3 is 2.58 bits per heavy atom. The summed E-state index contributed by atoms with van der Waals surface area (Å²) in [5, 5.41) is 10.6. The number of carboxylic acid groups (broad SMARTS) is 1. The van der Waals surface area contributed by atoms with Gasteiger partial charge in [0.05, 0.1) is 5.54 Å². The zero-order valence-corrected chi connectivity index (χ0v) is 6.86. The number of hydrazine groups is 1. The Hall–Kier alpha value is -0.810. The molecule has 1 heterocycles. The average molecular weight is 171 g/mol. The van der Waals surface area contributed by atoms with Crippen molar-refractivity contribution in [2.75, 3.05) is 19.6 Å². The number of nitrogens with two attached hydrogens (primary N) is 1. The van der Waals surface area contributed by atoms with Gasteiger partial charge in [0.1, 0.15) is 0 Å². The first kappa shape index (κ1) is 7.82. The highest BCUT2D eigenvalue weighted by Gasteiger charge is 2.52. The van der Waals surface area contributed by atoms with Crippen LogP contribution in [-0.4, -0.2) is 46.3 Å². The maximum absolute atomic E-state index is 10.8. The third-order valence-electron chi connectivity index (χ3n) is 2.74. The van der Waals surface area contributed by atoms with E-state index in [1.165, 1.54) is 4.90 Å². The van der Waals surface area contributed by atoms with Crippen molar-refractivity contribution in [1.29, 1.82) is 0 Å². The molecule has 3 N–H and O–H groups in total. The molecule has 68 valence electrons. The molecule has 0 aromatic rings. The Balaban J connectivity index is 2.10. The molecule has 2 aliphatic rings. The van der Waals surface area contributed by atoms with Crippen LogP contribution < -0.4 is 5.84 Å². The lowest BCUT2D eigenvalue weighted by Crippen LogP contribution is -2.58. The zero-order valence-electron chi connectivity index (χ0n) is 6.86. The van der Waals surface area contributed by atoms with Crippen LogP contribution in [0.3, 0.4) is 0 Å². The fourth-order valence-electron chi connectivity index (χ4n) is 1.88. The highest BCUT2D eigenvalue weighted by molar-refractivity contribution is 5.67. The van der Waals surface area contributed by atoms with Gasteiger partial charge in [0, 0.05) is 19.6 Å². The summed E-state index contributed by atoms with van der Waals surface area (Å²) in [7, 11) is 0. The molecule has 1 saturated heterocycles. The lowest BCUT2D eigenvalue weighted by Gasteiger charge is -2.38. The van der Waals surface area contributed by atoms with Gasteiger partial charge in [-0.25, -0.2) is 9.80 Å². The van der Waals surface area contributed by atoms with Crippen LogP contribution in [0.2, 0.25) is 0 Å². The second-order valence-electron chi connectivity index (χ2n) is 3.63. The first-order valence-electron chi connectivity index (χ1n) is 4.14. The highest BCUT2D eigenvalue weighted by atomic mass is 16.4. The zero-order chi connectivity index (χ0) is 8.77. The Morgan fingerprint density at radius 2 is 2.08 bits per heavy atom. The van der Waals surface area contributed by atoms with Crippen LogP contribution in [0.4, 0.5) is 4.79 Å². The van der Waals surface area contributed by atoms with Gasteiger partial charge in [-0.1, -0.05) is 0 Å². The van der Waals surface area contributed by atoms with Crippen LogP contribution in [0.15, 0.2) is 0 Å². The van der Waals surface area contributed by atoms with Gasteiger partial charge in [-0.2, -0.15) is 0 Å². The summed E-state index contributed by atoms with van der Waals surface area (Å²) in [6, 6.07) is 0. The van der Waals surface area contributed by atoms with Crippen molar-refractivity contribution in [2.45, 2.75) is 18.4 Å². The van der Waals surface area contributed by atoms with Crippen LogP contribution in [0.5, 0.6) is 0 Å². The van der Waals surface area contributed by atoms with E-state index in [9.17, 15) is 4.79 Å². The molecule has 1 saturated carbocycles. The molecule has 1 aliphatic heterocycles. The first-order valence-corrected chi connectivity index (χ1v) is 4.14. The van der Waals surface area contributed by atoms with Crippen molar-refractivity contribution in [2.24, 2.45) is 5.84 Å². The van der Waals surface area contributed by atoms with Gasteiger partial charge in [-0.15, -0.1) is 0 Å². The topological polar surface area (TPSA) is 69.8 Å². The maximum Gasteiger partial charge on any atom is 0.407 e. The lowest BCUT2D eigenvalue weighted by atomic mass is 10.2. The molecule has 0 radical (unpaired) electrons. The molecule has 1 spiro atoms. The number of piperazine rings is 1. The molecule has 0 unspecified atom stereocenters. The molecular weight excluding hydrogens is 158 g/mol. The Kier molecular flexibility index (Phi) is 1.52. The minimum Gasteiger partial charge on any atom is -0.465 e. The van der Waals surface area contributed by atoms with Gasteiger partial charge in [0.15, 0.2) is 0 Å². The molecular formula is C7H13N3O2. The Labute approximate surface area is 70.7 Å². The minimum atomic E-state index is -0.805. The van der Waals surface area contributed by atoms with Crippen LogP contribution in [-0.2, 0) is 0 Å². The van der Waals surface area contributed by atoms with Crippen molar-refractivity contribution in [3.63, 3.8) is 0 Å². The normalized spacial score (nSPS) is 27.6. The second-order valence-corrected chi connectivity index (χ2v) is 3.63. The summed E-state index contributed by atoms with van der Waals surface area (Å²) >= 11 is 0. The van der Waals surface area contributed by atoms with Gasteiger partial charge < -0.3 is 10.0 Å². The van der Waals surface area contributed by atoms with Gasteiger partial charge in [-0.3, -0.25) is 5.84 Å². The molecule has 0 bridgehead atoms. The number of hydrogen-bond donors (Lipinski definition) is 2. The third kappa shape index (κ3) is 1.05. The number of nitrogens with zero attached hydrogens (tertiary/aromatic N) is 2. The molecule has 0 aromatic carbocycles. The number of amides is 1. The minimum absolute atomic E-state index is 0.126. The molecule has 1 amide bonds. The van der Waals surface area contributed by atoms with E-state index in [1.54, 1.807) is 5.01 Å². The van der Waals surface area contributed by atoms with Crippen molar-refractivity contribution in [3.8, 4) is 0 Å². The molecule has 1 aliphatic carbocycles. The summed E-state index contributed by atoms with van der Waals surface area (Å²) in [6.45, 7) is 1.89. The third-order valence-corrected chi connectivity index (χ3v) is 2.74. The fraction of sp³-hybridized carbons (Fsp3) is 0.857. The van der Waals surface area contributed by atoms with Crippen LogP contribution >= 0.6 is 0 Å². The predicted molar refractivity (Wildman–Crippen MR) is 42.5 cm³/mol. The molecule has 5 nitrogen and oxygen atoms in total. The predicted octanol–water partition coefficient (Wildman–Crippen LogP) is -0.312. The molecule has 0 atom stereocenters. The largest absolute Gasteiger partial charge is 0.465 e. The van der Waals surface area contributed by atoms with E-state index in [2.05, 4.69) is 0 Å². The van der Waals surface area contributed by atoms with Gasteiger partial charge in [0.2, 0.25) is 0 Å². The fourth-order valence-corrected chi connectivity index (χ4v) is 1.88. The van der Waals surface area contributed by atoms with Crippen LogP contribution in [0.25, 0.3) is 0 Å². The summed E-state index contributed by atoms with van der Waals surface area (Å²) < 4.78 is 0. The molecule has 2 rings (SSSR count). The van der Waals surface area contributed by atoms with E-state index in [-0.39, 0.29) is 5.54 Å². The Morgan fingerprint density at radius 1 is 1.42 bits per heavy atom. The summed E-state index contributed by atoms with van der Waals surface area (Å²) in [6.07, 6.45) is 1.13. The molecule has 2 fully saturated rings. The van der Waals surface area contributed by atoms with E-state index >= 15 is 0 Å². The van der Waals surface area contributed by atoms with E-state index in [1.807, 2.05) is 0 Å². The van der Waals surface area contributed by atoms with Gasteiger partial charge in [-0.05, 0) is 12.8 Å². The maximum atomic E-state index is 10.8. The lowest BCUT2D eigenvalue weighted by molar-refractivity contribution is 0.0567. The smallest absolute Gasteiger partial charge is 0.407 e. The van der Waals surface area contributed by atoms with E-state index in [0.717, 1.165) is 12.8 Å². The average Bonchev–Trinajstić information content (AvgIpc) is 2.68. The number of hydrogen-bond acceptors (Lipinski definition) is 3. The van der Waals surface area contributed by atoms with Gasteiger partial charge >= 0.3 is 6.09 Å². The van der Waals surface area contributed by atoms with Crippen molar-refractivity contribution < 1.29 is 9.90 Å². The van der Waals surface area contributed by atoms with Crippen LogP contribution in [0, 0.1) is 0 Å².